The summed E-state index contributed by atoms with van der Waals surface area (Å²) in [7, 11) is 0. The number of hydrogen-bond donors (Lipinski definition) is 0. The fourth-order valence-electron chi connectivity index (χ4n) is 2.11. The minimum absolute atomic E-state index is 0.740. The van der Waals surface area contributed by atoms with E-state index in [9.17, 15) is 0 Å². The molecular weight excluding hydrogens is 336 g/mol. The van der Waals surface area contributed by atoms with Crippen molar-refractivity contribution in [3.05, 3.63) is 76.0 Å². The van der Waals surface area contributed by atoms with Gasteiger partial charge in [-0.05, 0) is 23.8 Å². The van der Waals surface area contributed by atoms with Gasteiger partial charge in [0.1, 0.15) is 0 Å². The summed E-state index contributed by atoms with van der Waals surface area (Å²) in [5.74, 6) is 0. The molecule has 0 amide bonds. The summed E-state index contributed by atoms with van der Waals surface area (Å²) in [6, 6.07) is 16.0. The van der Waals surface area contributed by atoms with Gasteiger partial charge in [-0.25, -0.2) is 0 Å². The Kier molecular flexibility index (Phi) is 3.90. The van der Waals surface area contributed by atoms with Gasteiger partial charge in [-0.3, -0.25) is 4.68 Å². The highest BCUT2D eigenvalue weighted by atomic mass is 79.9. The molecule has 0 unspecified atom stereocenters. The third kappa shape index (κ3) is 2.94. The largest absolute Gasteiger partial charge is 0.268 e. The molecule has 0 radical (unpaired) electrons. The number of halogens is 2. The summed E-state index contributed by atoms with van der Waals surface area (Å²) in [6.45, 7) is 0.740. The highest BCUT2D eigenvalue weighted by molar-refractivity contribution is 9.10. The number of benzene rings is 2. The molecule has 1 heterocycles. The first-order valence-corrected chi connectivity index (χ1v) is 7.41. The molecule has 0 bridgehead atoms. The number of nitrogens with zero attached hydrogens (tertiary/aromatic N) is 2. The lowest BCUT2D eigenvalue weighted by Crippen LogP contribution is -1.99. The Morgan fingerprint density at radius 1 is 1.10 bits per heavy atom. The fourth-order valence-corrected chi connectivity index (χ4v) is 2.80. The SMILES string of the molecule is Clc1ccccc1-c1cnn(Cc2cccc(Br)c2)c1. The molecule has 3 rings (SSSR count). The predicted octanol–water partition coefficient (Wildman–Crippen LogP) is 5.01. The second-order valence-corrected chi connectivity index (χ2v) is 5.86. The summed E-state index contributed by atoms with van der Waals surface area (Å²) < 4.78 is 2.99. The Morgan fingerprint density at radius 3 is 2.75 bits per heavy atom. The highest BCUT2D eigenvalue weighted by Gasteiger charge is 2.05. The molecule has 100 valence electrons. The molecule has 0 fully saturated rings. The van der Waals surface area contributed by atoms with E-state index in [2.05, 4.69) is 33.2 Å². The van der Waals surface area contributed by atoms with Gasteiger partial charge in [-0.15, -0.1) is 0 Å². The van der Waals surface area contributed by atoms with E-state index in [-0.39, 0.29) is 0 Å². The van der Waals surface area contributed by atoms with Gasteiger partial charge in [0, 0.05) is 26.8 Å². The summed E-state index contributed by atoms with van der Waals surface area (Å²) in [4.78, 5) is 0. The van der Waals surface area contributed by atoms with E-state index in [0.29, 0.717) is 0 Å². The van der Waals surface area contributed by atoms with Crippen LogP contribution in [0.4, 0.5) is 0 Å². The van der Waals surface area contributed by atoms with Crippen LogP contribution in [0.25, 0.3) is 11.1 Å². The zero-order valence-corrected chi connectivity index (χ0v) is 13.0. The van der Waals surface area contributed by atoms with Crippen molar-refractivity contribution in [2.24, 2.45) is 0 Å². The molecule has 0 saturated heterocycles. The van der Waals surface area contributed by atoms with Crippen LogP contribution in [0.3, 0.4) is 0 Å². The van der Waals surface area contributed by atoms with Gasteiger partial charge in [0.05, 0.1) is 12.7 Å². The summed E-state index contributed by atoms with van der Waals surface area (Å²) >= 11 is 9.69. The minimum Gasteiger partial charge on any atom is -0.268 e. The normalized spacial score (nSPS) is 10.7. The van der Waals surface area contributed by atoms with Crippen LogP contribution < -0.4 is 0 Å². The number of hydrogen-bond acceptors (Lipinski definition) is 1. The molecule has 1 aromatic heterocycles. The van der Waals surface area contributed by atoms with Crippen LogP contribution in [0.15, 0.2) is 65.4 Å². The first-order valence-electron chi connectivity index (χ1n) is 6.24. The van der Waals surface area contributed by atoms with Crippen molar-refractivity contribution < 1.29 is 0 Å². The monoisotopic (exact) mass is 346 g/mol. The standard InChI is InChI=1S/C16H12BrClN2/c17-14-5-3-4-12(8-14)10-20-11-13(9-19-20)15-6-1-2-7-16(15)18/h1-9,11H,10H2. The molecule has 0 aliphatic heterocycles. The maximum Gasteiger partial charge on any atom is 0.0660 e. The molecule has 2 nitrogen and oxygen atoms in total. The molecule has 20 heavy (non-hydrogen) atoms. The van der Waals surface area contributed by atoms with Gasteiger partial charge >= 0.3 is 0 Å². The van der Waals surface area contributed by atoms with Gasteiger partial charge in [0.2, 0.25) is 0 Å². The smallest absolute Gasteiger partial charge is 0.0660 e. The van der Waals surface area contributed by atoms with Crippen molar-refractivity contribution >= 4 is 27.5 Å². The Labute approximate surface area is 131 Å². The number of aromatic nitrogens is 2. The quantitative estimate of drug-likeness (QED) is 0.651. The van der Waals surface area contributed by atoms with E-state index in [1.807, 2.05) is 53.5 Å². The van der Waals surface area contributed by atoms with Crippen LogP contribution in [0, 0.1) is 0 Å². The van der Waals surface area contributed by atoms with E-state index in [1.165, 1.54) is 5.56 Å². The Morgan fingerprint density at radius 2 is 1.95 bits per heavy atom. The van der Waals surface area contributed by atoms with Crippen molar-refractivity contribution in [2.45, 2.75) is 6.54 Å². The molecule has 0 N–H and O–H groups in total. The Hall–Kier alpha value is -1.58. The molecule has 3 aromatic rings. The average molecular weight is 348 g/mol. The molecule has 0 atom stereocenters. The van der Waals surface area contributed by atoms with Crippen molar-refractivity contribution in [2.75, 3.05) is 0 Å². The maximum absolute atomic E-state index is 6.21. The van der Waals surface area contributed by atoms with E-state index in [4.69, 9.17) is 11.6 Å². The lowest BCUT2D eigenvalue weighted by molar-refractivity contribution is 0.687. The van der Waals surface area contributed by atoms with Gasteiger partial charge in [0.15, 0.2) is 0 Å². The third-order valence-corrected chi connectivity index (χ3v) is 3.87. The van der Waals surface area contributed by atoms with Gasteiger partial charge < -0.3 is 0 Å². The van der Waals surface area contributed by atoms with E-state index >= 15 is 0 Å². The molecule has 0 aliphatic rings. The molecule has 0 saturated carbocycles. The first-order chi connectivity index (χ1) is 9.72. The van der Waals surface area contributed by atoms with E-state index < -0.39 is 0 Å². The first kappa shape index (κ1) is 13.4. The van der Waals surface area contributed by atoms with Crippen molar-refractivity contribution in [3.63, 3.8) is 0 Å². The highest BCUT2D eigenvalue weighted by Crippen LogP contribution is 2.27. The van der Waals surface area contributed by atoms with Crippen molar-refractivity contribution in [3.8, 4) is 11.1 Å². The second-order valence-electron chi connectivity index (χ2n) is 4.54. The minimum atomic E-state index is 0.740. The van der Waals surface area contributed by atoms with Crippen LogP contribution in [-0.2, 0) is 6.54 Å². The molecule has 4 heteroatoms. The van der Waals surface area contributed by atoms with Gasteiger partial charge in [-0.1, -0.05) is 57.9 Å². The van der Waals surface area contributed by atoms with Crippen LogP contribution in [0.5, 0.6) is 0 Å². The summed E-state index contributed by atoms with van der Waals surface area (Å²) in [6.07, 6.45) is 3.86. The Balaban J connectivity index is 1.86. The zero-order chi connectivity index (χ0) is 13.9. The van der Waals surface area contributed by atoms with Crippen LogP contribution in [0.2, 0.25) is 5.02 Å². The van der Waals surface area contributed by atoms with E-state index in [1.54, 1.807) is 0 Å². The lowest BCUT2D eigenvalue weighted by atomic mass is 10.1. The van der Waals surface area contributed by atoms with Crippen LogP contribution >= 0.6 is 27.5 Å². The molecule has 0 aliphatic carbocycles. The van der Waals surface area contributed by atoms with Crippen molar-refractivity contribution in [1.82, 2.24) is 9.78 Å². The molecule has 2 aromatic carbocycles. The number of rotatable bonds is 3. The maximum atomic E-state index is 6.21. The Bertz CT molecular complexity index is 737. The summed E-state index contributed by atoms with van der Waals surface area (Å²) in [5, 5.41) is 5.15. The van der Waals surface area contributed by atoms with Crippen LogP contribution in [0.1, 0.15) is 5.56 Å². The van der Waals surface area contributed by atoms with Gasteiger partial charge in [-0.2, -0.15) is 5.10 Å². The van der Waals surface area contributed by atoms with Gasteiger partial charge in [0.25, 0.3) is 0 Å². The average Bonchev–Trinajstić information content (AvgIpc) is 2.87. The van der Waals surface area contributed by atoms with E-state index in [0.717, 1.165) is 27.2 Å². The predicted molar refractivity (Wildman–Crippen MR) is 85.9 cm³/mol. The van der Waals surface area contributed by atoms with Crippen LogP contribution in [-0.4, -0.2) is 9.78 Å². The topological polar surface area (TPSA) is 17.8 Å². The molecular formula is C16H12BrClN2. The third-order valence-electron chi connectivity index (χ3n) is 3.05. The molecule has 0 spiro atoms. The summed E-state index contributed by atoms with van der Waals surface area (Å²) in [5.41, 5.74) is 3.24. The fraction of sp³-hybridized carbons (Fsp3) is 0.0625. The van der Waals surface area contributed by atoms with Crippen molar-refractivity contribution in [1.29, 1.82) is 0 Å². The zero-order valence-electron chi connectivity index (χ0n) is 10.6. The lowest BCUT2D eigenvalue weighted by Gasteiger charge is -2.02. The second kappa shape index (κ2) is 5.81.